The van der Waals surface area contributed by atoms with Gasteiger partial charge in [0.2, 0.25) is 10.0 Å². The van der Waals surface area contributed by atoms with Crippen LogP contribution in [0.5, 0.6) is 5.75 Å². The summed E-state index contributed by atoms with van der Waals surface area (Å²) in [6, 6.07) is 4.42. The molecule has 4 nitrogen and oxygen atoms in total. The first kappa shape index (κ1) is 14.3. The van der Waals surface area contributed by atoms with Crippen molar-refractivity contribution in [2.24, 2.45) is 0 Å². The van der Waals surface area contributed by atoms with Gasteiger partial charge in [-0.1, -0.05) is 25.4 Å². The van der Waals surface area contributed by atoms with E-state index in [0.29, 0.717) is 23.9 Å². The molecule has 0 aliphatic rings. The molecule has 6 heteroatoms. The Hall–Kier alpha value is -0.780. The van der Waals surface area contributed by atoms with Gasteiger partial charge in [-0.15, -0.1) is 0 Å². The number of rotatable bonds is 6. The Balaban J connectivity index is 3.03. The maximum Gasteiger partial charge on any atom is 0.240 e. The molecule has 0 saturated heterocycles. The molecule has 1 N–H and O–H groups in total. The zero-order chi connectivity index (χ0) is 12.9. The monoisotopic (exact) mass is 277 g/mol. The highest BCUT2D eigenvalue weighted by atomic mass is 35.5. The summed E-state index contributed by atoms with van der Waals surface area (Å²) in [5.74, 6) is 0.396. The minimum absolute atomic E-state index is 0.162. The summed E-state index contributed by atoms with van der Waals surface area (Å²) in [5, 5.41) is 0.411. The first-order valence-corrected chi connectivity index (χ1v) is 7.29. The van der Waals surface area contributed by atoms with Crippen molar-refractivity contribution in [2.45, 2.75) is 25.2 Å². The van der Waals surface area contributed by atoms with E-state index in [1.807, 2.05) is 6.92 Å². The quantitative estimate of drug-likeness (QED) is 0.869. The van der Waals surface area contributed by atoms with Crippen LogP contribution >= 0.6 is 11.6 Å². The molecule has 96 valence electrons. The van der Waals surface area contributed by atoms with Crippen molar-refractivity contribution in [1.82, 2.24) is 4.72 Å². The first-order valence-electron chi connectivity index (χ1n) is 5.43. The molecule has 1 rings (SSSR count). The molecule has 0 heterocycles. The Labute approximate surface area is 107 Å². The molecule has 0 aromatic heterocycles. The van der Waals surface area contributed by atoms with E-state index in [4.69, 9.17) is 16.3 Å². The van der Waals surface area contributed by atoms with Gasteiger partial charge in [0.1, 0.15) is 5.75 Å². The molecule has 0 unspecified atom stereocenters. The first-order chi connectivity index (χ1) is 8.01. The Morgan fingerprint density at radius 1 is 1.35 bits per heavy atom. The number of benzene rings is 1. The summed E-state index contributed by atoms with van der Waals surface area (Å²) in [7, 11) is -3.46. The summed E-state index contributed by atoms with van der Waals surface area (Å²) in [6.07, 6.45) is 0.834. The Morgan fingerprint density at radius 2 is 2.06 bits per heavy atom. The number of hydrogen-bond donors (Lipinski definition) is 1. The maximum absolute atomic E-state index is 11.8. The smallest absolute Gasteiger partial charge is 0.240 e. The van der Waals surface area contributed by atoms with E-state index in [1.54, 1.807) is 6.92 Å². The van der Waals surface area contributed by atoms with Gasteiger partial charge in [-0.3, -0.25) is 0 Å². The molecule has 0 atom stereocenters. The van der Waals surface area contributed by atoms with E-state index in [2.05, 4.69) is 4.72 Å². The van der Waals surface area contributed by atoms with Gasteiger partial charge in [-0.05, 0) is 18.6 Å². The molecule has 0 spiro atoms. The van der Waals surface area contributed by atoms with Crippen LogP contribution in [0.3, 0.4) is 0 Å². The Morgan fingerprint density at radius 3 is 2.65 bits per heavy atom. The molecular formula is C11H16ClNO3S. The molecule has 1 aromatic carbocycles. The van der Waals surface area contributed by atoms with Crippen LogP contribution in [0, 0.1) is 0 Å². The predicted molar refractivity (Wildman–Crippen MR) is 68.1 cm³/mol. The second-order valence-electron chi connectivity index (χ2n) is 3.44. The highest BCUT2D eigenvalue weighted by molar-refractivity contribution is 7.89. The van der Waals surface area contributed by atoms with Crippen LogP contribution in [0.15, 0.2) is 23.1 Å². The summed E-state index contributed by atoms with van der Waals surface area (Å²) in [4.78, 5) is 0.162. The molecule has 0 aliphatic carbocycles. The highest BCUT2D eigenvalue weighted by Crippen LogP contribution is 2.27. The molecule has 0 radical (unpaired) electrons. The van der Waals surface area contributed by atoms with Crippen LogP contribution in [0.1, 0.15) is 20.3 Å². The fraction of sp³-hybridized carbons (Fsp3) is 0.455. The lowest BCUT2D eigenvalue weighted by Gasteiger charge is -2.09. The van der Waals surface area contributed by atoms with E-state index < -0.39 is 10.0 Å². The molecule has 0 bridgehead atoms. The van der Waals surface area contributed by atoms with Crippen LogP contribution < -0.4 is 9.46 Å². The zero-order valence-electron chi connectivity index (χ0n) is 9.86. The van der Waals surface area contributed by atoms with Crippen molar-refractivity contribution in [3.05, 3.63) is 23.2 Å². The van der Waals surface area contributed by atoms with Gasteiger partial charge in [0.15, 0.2) is 0 Å². The number of sulfonamides is 1. The summed E-state index contributed by atoms with van der Waals surface area (Å²) >= 11 is 5.92. The third kappa shape index (κ3) is 3.87. The fourth-order valence-electron chi connectivity index (χ4n) is 1.25. The Kier molecular flexibility index (Phi) is 5.24. The number of ether oxygens (including phenoxy) is 1. The lowest BCUT2D eigenvalue weighted by molar-refractivity contribution is 0.317. The summed E-state index contributed by atoms with van der Waals surface area (Å²) in [5.41, 5.74) is 0. The van der Waals surface area contributed by atoms with Crippen molar-refractivity contribution >= 4 is 21.6 Å². The summed E-state index contributed by atoms with van der Waals surface area (Å²) < 4.78 is 31.3. The molecular weight excluding hydrogens is 262 g/mol. The van der Waals surface area contributed by atoms with Gasteiger partial charge in [0.05, 0.1) is 16.5 Å². The Bertz CT molecular complexity index is 474. The normalized spacial score (nSPS) is 11.5. The second-order valence-corrected chi connectivity index (χ2v) is 5.62. The van der Waals surface area contributed by atoms with Gasteiger partial charge >= 0.3 is 0 Å². The second kappa shape index (κ2) is 6.23. The third-order valence-electron chi connectivity index (χ3n) is 2.01. The van der Waals surface area contributed by atoms with E-state index in [-0.39, 0.29) is 4.90 Å². The van der Waals surface area contributed by atoms with E-state index in [0.717, 1.165) is 6.42 Å². The number of hydrogen-bond acceptors (Lipinski definition) is 3. The average molecular weight is 278 g/mol. The van der Waals surface area contributed by atoms with Crippen molar-refractivity contribution in [2.75, 3.05) is 13.2 Å². The predicted octanol–water partition coefficient (Wildman–Crippen LogP) is 2.43. The van der Waals surface area contributed by atoms with Gasteiger partial charge in [0, 0.05) is 12.6 Å². The van der Waals surface area contributed by atoms with E-state index >= 15 is 0 Å². The zero-order valence-corrected chi connectivity index (χ0v) is 11.4. The van der Waals surface area contributed by atoms with Gasteiger partial charge in [0.25, 0.3) is 0 Å². The fourth-order valence-corrected chi connectivity index (χ4v) is 2.48. The maximum atomic E-state index is 11.8. The third-order valence-corrected chi connectivity index (χ3v) is 3.86. The summed E-state index contributed by atoms with van der Waals surface area (Å²) in [6.45, 7) is 4.54. The topological polar surface area (TPSA) is 55.4 Å². The van der Waals surface area contributed by atoms with Crippen molar-refractivity contribution in [3.63, 3.8) is 0 Å². The van der Waals surface area contributed by atoms with Crippen LogP contribution in [0.2, 0.25) is 5.02 Å². The van der Waals surface area contributed by atoms with Gasteiger partial charge in [-0.25, -0.2) is 13.1 Å². The SMILES string of the molecule is CCCOc1cc(S(=O)(=O)NCC)ccc1Cl. The average Bonchev–Trinajstić information content (AvgIpc) is 2.27. The van der Waals surface area contributed by atoms with Crippen LogP contribution in [0.4, 0.5) is 0 Å². The largest absolute Gasteiger partial charge is 0.492 e. The van der Waals surface area contributed by atoms with E-state index in [1.165, 1.54) is 18.2 Å². The van der Waals surface area contributed by atoms with Crippen molar-refractivity contribution in [3.8, 4) is 5.75 Å². The molecule has 17 heavy (non-hydrogen) atoms. The van der Waals surface area contributed by atoms with E-state index in [9.17, 15) is 8.42 Å². The van der Waals surface area contributed by atoms with Crippen LogP contribution in [-0.2, 0) is 10.0 Å². The molecule has 0 aliphatic heterocycles. The number of halogens is 1. The molecule has 0 fully saturated rings. The minimum atomic E-state index is -3.46. The van der Waals surface area contributed by atoms with Crippen molar-refractivity contribution < 1.29 is 13.2 Å². The van der Waals surface area contributed by atoms with Crippen LogP contribution in [0.25, 0.3) is 0 Å². The highest BCUT2D eigenvalue weighted by Gasteiger charge is 2.14. The van der Waals surface area contributed by atoms with Crippen molar-refractivity contribution in [1.29, 1.82) is 0 Å². The number of nitrogens with one attached hydrogen (secondary N) is 1. The van der Waals surface area contributed by atoms with Gasteiger partial charge in [-0.2, -0.15) is 0 Å². The van der Waals surface area contributed by atoms with Crippen LogP contribution in [-0.4, -0.2) is 21.6 Å². The lowest BCUT2D eigenvalue weighted by Crippen LogP contribution is -2.23. The molecule has 0 amide bonds. The molecule has 1 aromatic rings. The minimum Gasteiger partial charge on any atom is -0.492 e. The van der Waals surface area contributed by atoms with Gasteiger partial charge < -0.3 is 4.74 Å². The standard InChI is InChI=1S/C11H16ClNO3S/c1-3-7-16-11-8-9(5-6-10(11)12)17(14,15)13-4-2/h5-6,8,13H,3-4,7H2,1-2H3. The lowest BCUT2D eigenvalue weighted by atomic mass is 10.3. The molecule has 0 saturated carbocycles.